The van der Waals surface area contributed by atoms with Crippen LogP contribution >= 0.6 is 0 Å². The Hall–Kier alpha value is -3.01. The van der Waals surface area contributed by atoms with E-state index in [9.17, 15) is 20.2 Å². The predicted molar refractivity (Wildman–Crippen MR) is 97.0 cm³/mol. The van der Waals surface area contributed by atoms with Gasteiger partial charge in [0.05, 0.1) is 43.1 Å². The molecule has 1 aromatic carbocycles. The average Bonchev–Trinajstić information content (AvgIpc) is 2.67. The molecule has 0 amide bonds. The van der Waals surface area contributed by atoms with Crippen LogP contribution in [-0.4, -0.2) is 24.8 Å². The lowest BCUT2D eigenvalue weighted by molar-refractivity contribution is -0.920. The fraction of sp³-hybridized carbons (Fsp3) is 0.429. The van der Waals surface area contributed by atoms with Crippen molar-refractivity contribution in [1.82, 2.24) is 0 Å². The largest absolute Gasteiger partial charge is 0.329 e. The van der Waals surface area contributed by atoms with E-state index in [-0.39, 0.29) is 11.6 Å². The van der Waals surface area contributed by atoms with Crippen molar-refractivity contribution in [2.24, 2.45) is 17.3 Å². The molecule has 4 atom stereocenters. The van der Waals surface area contributed by atoms with Crippen molar-refractivity contribution in [3.63, 3.8) is 0 Å². The molecule has 2 unspecified atom stereocenters. The Morgan fingerprint density at radius 3 is 2.33 bits per heavy atom. The predicted octanol–water partition coefficient (Wildman–Crippen LogP) is 1.97. The van der Waals surface area contributed by atoms with E-state index in [1.165, 1.54) is 17.0 Å². The third-order valence-corrected chi connectivity index (χ3v) is 5.95. The Morgan fingerprint density at radius 2 is 1.81 bits per heavy atom. The molecule has 27 heavy (non-hydrogen) atoms. The lowest BCUT2D eigenvalue weighted by Gasteiger charge is -2.47. The van der Waals surface area contributed by atoms with E-state index in [2.05, 4.69) is 32.1 Å². The fourth-order valence-corrected chi connectivity index (χ4v) is 4.44. The molecule has 3 rings (SSSR count). The first-order chi connectivity index (χ1) is 12.9. The highest BCUT2D eigenvalue weighted by molar-refractivity contribution is 6.00. The SMILES string of the molecule is CC(C)[NH+]1CC=C2C(C#N)C(=N)C(C#N)(C#N)[C@H](c3ccc(F)cc3)[C@H]2C1. The lowest BCUT2D eigenvalue weighted by atomic mass is 9.54. The maximum Gasteiger partial charge on any atom is 0.189 e. The van der Waals surface area contributed by atoms with Crippen molar-refractivity contribution < 1.29 is 9.29 Å². The van der Waals surface area contributed by atoms with Crippen LogP contribution in [0.25, 0.3) is 0 Å². The minimum absolute atomic E-state index is 0.167. The molecular formula is C21H21FN5+. The van der Waals surface area contributed by atoms with Gasteiger partial charge in [-0.05, 0) is 43.2 Å². The minimum Gasteiger partial charge on any atom is -0.329 e. The van der Waals surface area contributed by atoms with Gasteiger partial charge in [0.25, 0.3) is 0 Å². The van der Waals surface area contributed by atoms with Gasteiger partial charge in [-0.1, -0.05) is 12.1 Å². The molecule has 5 nitrogen and oxygen atoms in total. The Kier molecular flexibility index (Phi) is 4.83. The summed E-state index contributed by atoms with van der Waals surface area (Å²) in [7, 11) is 0. The van der Waals surface area contributed by atoms with Crippen LogP contribution in [0.5, 0.6) is 0 Å². The minimum atomic E-state index is -1.74. The summed E-state index contributed by atoms with van der Waals surface area (Å²) >= 11 is 0. The number of fused-ring (bicyclic) bond motifs is 1. The molecule has 6 heteroatoms. The van der Waals surface area contributed by atoms with E-state index in [1.54, 1.807) is 12.1 Å². The maximum absolute atomic E-state index is 13.5. The number of benzene rings is 1. The second kappa shape index (κ2) is 6.95. The van der Waals surface area contributed by atoms with Gasteiger partial charge in [0.1, 0.15) is 11.7 Å². The third kappa shape index (κ3) is 2.81. The monoisotopic (exact) mass is 362 g/mol. The normalized spacial score (nSPS) is 29.1. The number of rotatable bonds is 2. The van der Waals surface area contributed by atoms with Crippen LogP contribution < -0.4 is 4.90 Å². The molecule has 1 aliphatic carbocycles. The quantitative estimate of drug-likeness (QED) is 0.787. The van der Waals surface area contributed by atoms with Gasteiger partial charge in [0, 0.05) is 11.8 Å². The second-order valence-electron chi connectivity index (χ2n) is 7.57. The highest BCUT2D eigenvalue weighted by Gasteiger charge is 2.58. The van der Waals surface area contributed by atoms with Crippen molar-refractivity contribution in [1.29, 1.82) is 21.2 Å². The Balaban J connectivity index is 2.23. The molecule has 136 valence electrons. The smallest absolute Gasteiger partial charge is 0.189 e. The van der Waals surface area contributed by atoms with Gasteiger partial charge >= 0.3 is 0 Å². The summed E-state index contributed by atoms with van der Waals surface area (Å²) in [5, 5.41) is 38.1. The van der Waals surface area contributed by atoms with Crippen LogP contribution in [0.15, 0.2) is 35.9 Å². The zero-order valence-corrected chi connectivity index (χ0v) is 15.3. The van der Waals surface area contributed by atoms with Crippen LogP contribution in [0.4, 0.5) is 4.39 Å². The van der Waals surface area contributed by atoms with Gasteiger partial charge < -0.3 is 10.3 Å². The number of nitriles is 3. The van der Waals surface area contributed by atoms with Crippen molar-refractivity contribution in [2.75, 3.05) is 13.1 Å². The van der Waals surface area contributed by atoms with Crippen molar-refractivity contribution in [2.45, 2.75) is 25.8 Å². The standard InChI is InChI=1S/C21H20FN5/c1-13(2)27-8-7-16-17(9-23)20(26)21(11-24,12-25)19(18(16)10-27)14-3-5-15(22)6-4-14/h3-7,13,17-19,26H,8,10H2,1-2H3/p+1/t17?,18-,19+/m0/s1. The number of quaternary nitrogens is 1. The Bertz CT molecular complexity index is 896. The number of halogens is 1. The van der Waals surface area contributed by atoms with Crippen LogP contribution in [0.2, 0.25) is 0 Å². The fourth-order valence-electron chi connectivity index (χ4n) is 4.44. The summed E-state index contributed by atoms with van der Waals surface area (Å²) < 4.78 is 13.5. The molecule has 0 bridgehead atoms. The zero-order valence-electron chi connectivity index (χ0n) is 15.3. The van der Waals surface area contributed by atoms with E-state index in [0.29, 0.717) is 18.2 Å². The topological polar surface area (TPSA) is 99.7 Å². The molecule has 2 aliphatic rings. The van der Waals surface area contributed by atoms with E-state index < -0.39 is 23.1 Å². The Labute approximate surface area is 158 Å². The van der Waals surface area contributed by atoms with Crippen LogP contribution in [0.3, 0.4) is 0 Å². The Morgan fingerprint density at radius 1 is 1.19 bits per heavy atom. The van der Waals surface area contributed by atoms with Crippen LogP contribution in [0, 0.1) is 62.5 Å². The molecule has 1 saturated carbocycles. The molecule has 0 spiro atoms. The van der Waals surface area contributed by atoms with E-state index in [0.717, 1.165) is 12.1 Å². The molecule has 1 aromatic rings. The molecule has 2 N–H and O–H groups in total. The molecule has 1 heterocycles. The summed E-state index contributed by atoms with van der Waals surface area (Å²) in [6.45, 7) is 5.63. The summed E-state index contributed by atoms with van der Waals surface area (Å²) in [6.07, 6.45) is 2.00. The molecule has 0 aromatic heterocycles. The van der Waals surface area contributed by atoms with Gasteiger partial charge in [-0.2, -0.15) is 15.8 Å². The number of nitrogens with zero attached hydrogens (tertiary/aromatic N) is 3. The van der Waals surface area contributed by atoms with Crippen molar-refractivity contribution >= 4 is 5.71 Å². The number of hydrogen-bond acceptors (Lipinski definition) is 4. The van der Waals surface area contributed by atoms with Crippen LogP contribution in [-0.2, 0) is 0 Å². The van der Waals surface area contributed by atoms with E-state index >= 15 is 0 Å². The van der Waals surface area contributed by atoms with Gasteiger partial charge in [-0.3, -0.25) is 0 Å². The van der Waals surface area contributed by atoms with E-state index in [4.69, 9.17) is 5.41 Å². The average molecular weight is 362 g/mol. The summed E-state index contributed by atoms with van der Waals surface area (Å²) in [4.78, 5) is 1.30. The first-order valence-electron chi connectivity index (χ1n) is 9.00. The van der Waals surface area contributed by atoms with E-state index in [1.807, 2.05) is 6.08 Å². The summed E-state index contributed by atoms with van der Waals surface area (Å²) in [5.74, 6) is -2.09. The first-order valence-corrected chi connectivity index (χ1v) is 9.00. The van der Waals surface area contributed by atoms with Gasteiger partial charge in [-0.25, -0.2) is 4.39 Å². The van der Waals surface area contributed by atoms with Gasteiger partial charge in [-0.15, -0.1) is 0 Å². The molecule has 1 aliphatic heterocycles. The highest BCUT2D eigenvalue weighted by atomic mass is 19.1. The lowest BCUT2D eigenvalue weighted by Crippen LogP contribution is -3.16. The van der Waals surface area contributed by atoms with Crippen molar-refractivity contribution in [3.8, 4) is 18.2 Å². The molecule has 1 fully saturated rings. The third-order valence-electron chi connectivity index (χ3n) is 5.95. The zero-order chi connectivity index (χ0) is 19.8. The first kappa shape index (κ1) is 18.8. The highest BCUT2D eigenvalue weighted by Crippen LogP contribution is 2.52. The molecule has 0 saturated heterocycles. The maximum atomic E-state index is 13.5. The summed E-state index contributed by atoms with van der Waals surface area (Å²) in [5.41, 5.74) is -0.427. The molecule has 0 radical (unpaired) electrons. The van der Waals surface area contributed by atoms with Gasteiger partial charge in [0.2, 0.25) is 0 Å². The summed E-state index contributed by atoms with van der Waals surface area (Å²) in [6, 6.07) is 12.4. The van der Waals surface area contributed by atoms with Crippen LogP contribution in [0.1, 0.15) is 25.3 Å². The van der Waals surface area contributed by atoms with Gasteiger partial charge in [0.15, 0.2) is 5.41 Å². The van der Waals surface area contributed by atoms with Crippen molar-refractivity contribution in [3.05, 3.63) is 47.3 Å². The molecular weight excluding hydrogens is 341 g/mol. The second-order valence-corrected chi connectivity index (χ2v) is 7.57. The number of hydrogen-bond donors (Lipinski definition) is 2. The number of nitrogens with one attached hydrogen (secondary N) is 2.